The van der Waals surface area contributed by atoms with Crippen molar-refractivity contribution in [3.05, 3.63) is 70.9 Å². The van der Waals surface area contributed by atoms with Crippen LogP contribution in [0.5, 0.6) is 0 Å². The van der Waals surface area contributed by atoms with Crippen molar-refractivity contribution in [2.24, 2.45) is 0 Å². The number of halogens is 2. The van der Waals surface area contributed by atoms with Crippen LogP contribution >= 0.6 is 23.4 Å². The minimum atomic E-state index is -0.976. The van der Waals surface area contributed by atoms with E-state index in [1.165, 1.54) is 11.8 Å². The van der Waals surface area contributed by atoms with Crippen LogP contribution in [0, 0.1) is 5.82 Å². The molecule has 1 saturated carbocycles. The minimum absolute atomic E-state index is 0.0688. The second-order valence-corrected chi connectivity index (χ2v) is 9.78. The summed E-state index contributed by atoms with van der Waals surface area (Å²) in [4.78, 5) is 13.2. The van der Waals surface area contributed by atoms with Gasteiger partial charge in [-0.25, -0.2) is 9.18 Å². The van der Waals surface area contributed by atoms with Gasteiger partial charge in [-0.3, -0.25) is 4.68 Å². The number of fused-ring (bicyclic) bond motifs is 1. The third kappa shape index (κ3) is 3.59. The molecule has 164 valence electrons. The molecule has 5 nitrogen and oxygen atoms in total. The van der Waals surface area contributed by atoms with E-state index >= 15 is 4.39 Å². The van der Waals surface area contributed by atoms with E-state index in [0.717, 1.165) is 39.4 Å². The Morgan fingerprint density at radius 3 is 2.72 bits per heavy atom. The van der Waals surface area contributed by atoms with Gasteiger partial charge in [-0.2, -0.15) is 5.10 Å². The van der Waals surface area contributed by atoms with Crippen LogP contribution in [0.4, 0.5) is 4.39 Å². The molecule has 2 aromatic carbocycles. The molecule has 32 heavy (non-hydrogen) atoms. The Kier molecular flexibility index (Phi) is 5.26. The Morgan fingerprint density at radius 1 is 1.28 bits per heavy atom. The number of aromatic carboxylic acids is 1. The number of carbonyl (C=O) groups is 1. The molecule has 0 aliphatic heterocycles. The van der Waals surface area contributed by atoms with Crippen LogP contribution < -0.4 is 0 Å². The molecule has 0 radical (unpaired) electrons. The van der Waals surface area contributed by atoms with E-state index in [1.807, 2.05) is 41.4 Å². The Balaban J connectivity index is 1.76. The lowest BCUT2D eigenvalue weighted by molar-refractivity contribution is 0.0696. The molecule has 4 aromatic rings. The van der Waals surface area contributed by atoms with Crippen molar-refractivity contribution in [3.63, 3.8) is 0 Å². The smallest absolute Gasteiger partial charge is 0.335 e. The number of rotatable bonds is 6. The average Bonchev–Trinajstić information content (AvgIpc) is 3.38. The standard InChI is InChI=1S/C24H21ClFN3O2S/c1-13(2)28-12-16(11-27-28)29-21(14-6-7-14)23(18-8-9-19(25)20(26)22(18)29)32-17-5-3-4-15(10-17)24(30)31/h3-5,8-14H,6-7H2,1-2H3,(H,30,31). The SMILES string of the molecule is CC(C)n1cc(-n2c(C3CC3)c(Sc3cccc(C(=O)O)c3)c3ccc(Cl)c(F)c32)cn1. The minimum Gasteiger partial charge on any atom is -0.478 e. The lowest BCUT2D eigenvalue weighted by Crippen LogP contribution is -2.02. The van der Waals surface area contributed by atoms with Gasteiger partial charge < -0.3 is 9.67 Å². The number of carboxylic acid groups (broad SMARTS) is 1. The lowest BCUT2D eigenvalue weighted by Gasteiger charge is -2.11. The van der Waals surface area contributed by atoms with Crippen molar-refractivity contribution in [1.82, 2.24) is 14.3 Å². The topological polar surface area (TPSA) is 60.0 Å². The summed E-state index contributed by atoms with van der Waals surface area (Å²) in [6.45, 7) is 4.08. The summed E-state index contributed by atoms with van der Waals surface area (Å²) < 4.78 is 19.2. The Hall–Kier alpha value is -2.77. The van der Waals surface area contributed by atoms with E-state index in [-0.39, 0.29) is 16.6 Å². The van der Waals surface area contributed by atoms with Crippen LogP contribution in [0.25, 0.3) is 16.6 Å². The van der Waals surface area contributed by atoms with Gasteiger partial charge in [0.15, 0.2) is 5.82 Å². The number of aromatic nitrogens is 3. The largest absolute Gasteiger partial charge is 0.478 e. The molecule has 8 heteroatoms. The highest BCUT2D eigenvalue weighted by molar-refractivity contribution is 7.99. The molecule has 2 aromatic heterocycles. The zero-order valence-electron chi connectivity index (χ0n) is 17.5. The predicted octanol–water partition coefficient (Wildman–Crippen LogP) is 6.93. The van der Waals surface area contributed by atoms with Crippen molar-refractivity contribution in [2.45, 2.75) is 48.4 Å². The van der Waals surface area contributed by atoms with Gasteiger partial charge in [0.2, 0.25) is 0 Å². The fraction of sp³-hybridized carbons (Fsp3) is 0.250. The molecule has 0 saturated heterocycles. The normalized spacial score (nSPS) is 13.9. The summed E-state index contributed by atoms with van der Waals surface area (Å²) in [6.07, 6.45) is 5.72. The molecule has 1 N–H and O–H groups in total. The molecular formula is C24H21ClFN3O2S. The molecule has 1 fully saturated rings. The summed E-state index contributed by atoms with van der Waals surface area (Å²) in [6, 6.07) is 10.4. The van der Waals surface area contributed by atoms with Gasteiger partial charge >= 0.3 is 5.97 Å². The van der Waals surface area contributed by atoms with Gasteiger partial charge in [0.05, 0.1) is 28.0 Å². The number of nitrogens with zero attached hydrogens (tertiary/aromatic N) is 3. The van der Waals surface area contributed by atoms with Crippen LogP contribution in [0.2, 0.25) is 5.02 Å². The van der Waals surface area contributed by atoms with E-state index in [1.54, 1.807) is 30.5 Å². The molecular weight excluding hydrogens is 449 g/mol. The zero-order valence-corrected chi connectivity index (χ0v) is 19.1. The maximum absolute atomic E-state index is 15.4. The van der Waals surface area contributed by atoms with E-state index in [4.69, 9.17) is 11.6 Å². The maximum Gasteiger partial charge on any atom is 0.335 e. The third-order valence-electron chi connectivity index (χ3n) is 5.65. The van der Waals surface area contributed by atoms with Gasteiger partial charge in [0, 0.05) is 39.0 Å². The molecule has 1 aliphatic carbocycles. The first-order chi connectivity index (χ1) is 15.3. The van der Waals surface area contributed by atoms with Gasteiger partial charge in [0.1, 0.15) is 0 Å². The predicted molar refractivity (Wildman–Crippen MR) is 124 cm³/mol. The third-order valence-corrected chi connectivity index (χ3v) is 7.07. The molecule has 0 bridgehead atoms. The van der Waals surface area contributed by atoms with Gasteiger partial charge in [0.25, 0.3) is 0 Å². The van der Waals surface area contributed by atoms with Crippen molar-refractivity contribution >= 4 is 40.2 Å². The highest BCUT2D eigenvalue weighted by atomic mass is 35.5. The lowest BCUT2D eigenvalue weighted by atomic mass is 10.2. The summed E-state index contributed by atoms with van der Waals surface area (Å²) in [5.41, 5.74) is 2.46. The van der Waals surface area contributed by atoms with Crippen LogP contribution in [0.15, 0.2) is 58.6 Å². The molecule has 0 spiro atoms. The second-order valence-electron chi connectivity index (χ2n) is 8.29. The van der Waals surface area contributed by atoms with Crippen molar-refractivity contribution < 1.29 is 14.3 Å². The maximum atomic E-state index is 15.4. The molecule has 0 amide bonds. The van der Waals surface area contributed by atoms with E-state index < -0.39 is 11.8 Å². The van der Waals surface area contributed by atoms with Crippen molar-refractivity contribution in [1.29, 1.82) is 0 Å². The molecule has 1 aliphatic rings. The Bertz CT molecular complexity index is 1360. The van der Waals surface area contributed by atoms with Crippen molar-refractivity contribution in [3.8, 4) is 5.69 Å². The number of hydrogen-bond acceptors (Lipinski definition) is 3. The van der Waals surface area contributed by atoms with Crippen LogP contribution in [-0.2, 0) is 0 Å². The number of carboxylic acids is 1. The Labute approximate surface area is 193 Å². The zero-order chi connectivity index (χ0) is 22.6. The van der Waals surface area contributed by atoms with Crippen LogP contribution in [-0.4, -0.2) is 25.4 Å². The van der Waals surface area contributed by atoms with Gasteiger partial charge in [-0.05, 0) is 57.0 Å². The van der Waals surface area contributed by atoms with Crippen LogP contribution in [0.3, 0.4) is 0 Å². The molecule has 0 unspecified atom stereocenters. The summed E-state index contributed by atoms with van der Waals surface area (Å²) in [5.74, 6) is -1.14. The monoisotopic (exact) mass is 469 g/mol. The molecule has 5 rings (SSSR count). The highest BCUT2D eigenvalue weighted by Crippen LogP contribution is 2.51. The summed E-state index contributed by atoms with van der Waals surface area (Å²) in [5, 5.41) is 14.7. The average molecular weight is 470 g/mol. The highest BCUT2D eigenvalue weighted by Gasteiger charge is 2.34. The van der Waals surface area contributed by atoms with E-state index in [9.17, 15) is 9.90 Å². The Morgan fingerprint density at radius 2 is 2.06 bits per heavy atom. The van der Waals surface area contributed by atoms with Gasteiger partial charge in [-0.15, -0.1) is 0 Å². The summed E-state index contributed by atoms with van der Waals surface area (Å²) >= 11 is 7.66. The first-order valence-corrected chi connectivity index (χ1v) is 11.6. The van der Waals surface area contributed by atoms with Crippen LogP contribution in [0.1, 0.15) is 54.7 Å². The fourth-order valence-corrected chi connectivity index (χ4v) is 5.30. The first kappa shape index (κ1) is 21.1. The summed E-state index contributed by atoms with van der Waals surface area (Å²) in [7, 11) is 0. The second kappa shape index (κ2) is 7.98. The number of hydrogen-bond donors (Lipinski definition) is 1. The van der Waals surface area contributed by atoms with Gasteiger partial charge in [-0.1, -0.05) is 29.4 Å². The van der Waals surface area contributed by atoms with E-state index in [0.29, 0.717) is 11.4 Å². The molecule has 0 atom stereocenters. The number of benzene rings is 2. The first-order valence-electron chi connectivity index (χ1n) is 10.4. The quantitative estimate of drug-likeness (QED) is 0.332. The van der Waals surface area contributed by atoms with Crippen molar-refractivity contribution in [2.75, 3.05) is 0 Å². The fourth-order valence-electron chi connectivity index (χ4n) is 3.94. The molecule has 2 heterocycles. The van der Waals surface area contributed by atoms with E-state index in [2.05, 4.69) is 5.10 Å².